The lowest BCUT2D eigenvalue weighted by Crippen LogP contribution is -2.08. The van der Waals surface area contributed by atoms with Crippen LogP contribution in [0.25, 0.3) is 5.52 Å². The Balaban J connectivity index is 1.95. The van der Waals surface area contributed by atoms with Crippen molar-refractivity contribution in [3.8, 4) is 0 Å². The molecule has 1 N–H and O–H groups in total. The number of nitrogens with one attached hydrogen (secondary N) is 1. The van der Waals surface area contributed by atoms with Crippen molar-refractivity contribution in [1.82, 2.24) is 19.6 Å². The van der Waals surface area contributed by atoms with E-state index in [0.717, 1.165) is 22.0 Å². The zero-order valence-corrected chi connectivity index (χ0v) is 12.6. The number of rotatable bonds is 4. The summed E-state index contributed by atoms with van der Waals surface area (Å²) in [5.74, 6) is 1.24. The van der Waals surface area contributed by atoms with Gasteiger partial charge in [-0.05, 0) is 18.9 Å². The quantitative estimate of drug-likeness (QED) is 0.798. The maximum atomic E-state index is 4.57. The lowest BCUT2D eigenvalue weighted by atomic mass is 10.1. The second kappa shape index (κ2) is 5.20. The second-order valence-electron chi connectivity index (χ2n) is 5.07. The van der Waals surface area contributed by atoms with Crippen LogP contribution in [-0.2, 0) is 0 Å². The molecule has 0 saturated heterocycles. The lowest BCUT2D eigenvalue weighted by molar-refractivity contribution is 0.785. The number of thiazole rings is 1. The smallest absolute Gasteiger partial charge is 0.152 e. The Labute approximate surface area is 121 Å². The van der Waals surface area contributed by atoms with Gasteiger partial charge >= 0.3 is 0 Å². The molecule has 20 heavy (non-hydrogen) atoms. The van der Waals surface area contributed by atoms with Gasteiger partial charge in [0.2, 0.25) is 0 Å². The van der Waals surface area contributed by atoms with Crippen molar-refractivity contribution in [3.63, 3.8) is 0 Å². The van der Waals surface area contributed by atoms with Gasteiger partial charge in [0.05, 0.1) is 11.7 Å². The van der Waals surface area contributed by atoms with Crippen LogP contribution in [0, 0.1) is 0 Å². The Morgan fingerprint density at radius 3 is 2.75 bits per heavy atom. The Hall–Kier alpha value is -1.95. The summed E-state index contributed by atoms with van der Waals surface area (Å²) in [6, 6.07) is 2.22. The van der Waals surface area contributed by atoms with E-state index in [-0.39, 0.29) is 6.04 Å². The minimum atomic E-state index is 0.131. The lowest BCUT2D eigenvalue weighted by Gasteiger charge is -2.12. The van der Waals surface area contributed by atoms with Crippen molar-refractivity contribution in [3.05, 3.63) is 40.7 Å². The summed E-state index contributed by atoms with van der Waals surface area (Å²) in [6.45, 7) is 6.37. The number of hydrogen-bond acceptors (Lipinski definition) is 5. The molecule has 0 amide bonds. The van der Waals surface area contributed by atoms with Gasteiger partial charge in [-0.15, -0.1) is 11.3 Å². The fourth-order valence-electron chi connectivity index (χ4n) is 2.05. The Kier molecular flexibility index (Phi) is 3.40. The molecule has 0 aromatic carbocycles. The Bertz CT molecular complexity index is 702. The Morgan fingerprint density at radius 2 is 2.05 bits per heavy atom. The molecular formula is C14H17N5S. The monoisotopic (exact) mass is 287 g/mol. The largest absolute Gasteiger partial charge is 0.359 e. The number of aromatic nitrogens is 4. The first kappa shape index (κ1) is 13.1. The van der Waals surface area contributed by atoms with Crippen molar-refractivity contribution >= 4 is 22.7 Å². The molecule has 0 bridgehead atoms. The summed E-state index contributed by atoms with van der Waals surface area (Å²) < 4.78 is 1.87. The molecule has 0 aliphatic carbocycles. The first-order chi connectivity index (χ1) is 9.65. The molecule has 0 aliphatic rings. The van der Waals surface area contributed by atoms with Crippen LogP contribution in [0.2, 0.25) is 0 Å². The second-order valence-corrected chi connectivity index (χ2v) is 5.99. The number of anilines is 1. The van der Waals surface area contributed by atoms with E-state index in [4.69, 9.17) is 0 Å². The minimum Gasteiger partial charge on any atom is -0.359 e. The number of fused-ring (bicyclic) bond motifs is 1. The third-order valence-corrected chi connectivity index (χ3v) is 4.13. The molecule has 3 aromatic heterocycles. The summed E-state index contributed by atoms with van der Waals surface area (Å²) in [5.41, 5.74) is 2.07. The highest BCUT2D eigenvalue weighted by Gasteiger charge is 2.13. The normalized spacial score (nSPS) is 13.0. The fraction of sp³-hybridized carbons (Fsp3) is 0.357. The van der Waals surface area contributed by atoms with Crippen LogP contribution in [0.15, 0.2) is 30.0 Å². The van der Waals surface area contributed by atoms with Gasteiger partial charge in [-0.1, -0.05) is 13.8 Å². The maximum Gasteiger partial charge on any atom is 0.152 e. The van der Waals surface area contributed by atoms with Crippen LogP contribution in [0.5, 0.6) is 0 Å². The van der Waals surface area contributed by atoms with Crippen LogP contribution in [0.1, 0.15) is 43.4 Å². The summed E-state index contributed by atoms with van der Waals surface area (Å²) in [6.07, 6.45) is 5.46. The molecule has 0 spiro atoms. The van der Waals surface area contributed by atoms with Crippen molar-refractivity contribution in [2.24, 2.45) is 0 Å². The van der Waals surface area contributed by atoms with Gasteiger partial charge in [-0.25, -0.2) is 14.5 Å². The molecular weight excluding hydrogens is 270 g/mol. The molecule has 3 rings (SSSR count). The van der Waals surface area contributed by atoms with Gasteiger partial charge in [0, 0.05) is 24.0 Å². The van der Waals surface area contributed by atoms with Crippen LogP contribution < -0.4 is 5.32 Å². The molecule has 1 unspecified atom stereocenters. The summed E-state index contributed by atoms with van der Waals surface area (Å²) >= 11 is 1.64. The van der Waals surface area contributed by atoms with E-state index in [0.29, 0.717) is 5.92 Å². The molecule has 3 aromatic rings. The highest BCUT2D eigenvalue weighted by molar-refractivity contribution is 7.09. The molecule has 3 heterocycles. The number of nitrogens with zero attached hydrogens (tertiary/aromatic N) is 4. The van der Waals surface area contributed by atoms with E-state index < -0.39 is 0 Å². The van der Waals surface area contributed by atoms with Gasteiger partial charge in [0.1, 0.15) is 10.5 Å². The molecule has 1 atom stereocenters. The zero-order valence-electron chi connectivity index (χ0n) is 11.7. The van der Waals surface area contributed by atoms with Crippen molar-refractivity contribution < 1.29 is 0 Å². The molecule has 104 valence electrons. The molecule has 5 nitrogen and oxygen atoms in total. The number of hydrogen-bond donors (Lipinski definition) is 1. The van der Waals surface area contributed by atoms with Crippen molar-refractivity contribution in [2.45, 2.75) is 32.7 Å². The average Bonchev–Trinajstić information content (AvgIpc) is 3.08. The highest BCUT2D eigenvalue weighted by Crippen LogP contribution is 2.24. The summed E-state index contributed by atoms with van der Waals surface area (Å²) in [5, 5.41) is 11.0. The topological polar surface area (TPSA) is 55.1 Å². The van der Waals surface area contributed by atoms with E-state index in [2.05, 4.69) is 47.2 Å². The van der Waals surface area contributed by atoms with Gasteiger partial charge in [0.15, 0.2) is 5.82 Å². The van der Waals surface area contributed by atoms with Gasteiger partial charge in [-0.2, -0.15) is 5.10 Å². The van der Waals surface area contributed by atoms with E-state index in [1.54, 1.807) is 17.5 Å². The predicted octanol–water partition coefficient (Wildman–Crippen LogP) is 3.48. The van der Waals surface area contributed by atoms with Crippen LogP contribution in [0.3, 0.4) is 0 Å². The first-order valence-corrected chi connectivity index (χ1v) is 7.53. The van der Waals surface area contributed by atoms with Crippen LogP contribution >= 0.6 is 11.3 Å². The Morgan fingerprint density at radius 1 is 1.20 bits per heavy atom. The molecule has 0 aliphatic heterocycles. The predicted molar refractivity (Wildman–Crippen MR) is 81.2 cm³/mol. The van der Waals surface area contributed by atoms with Crippen LogP contribution in [0.4, 0.5) is 5.82 Å². The van der Waals surface area contributed by atoms with E-state index in [9.17, 15) is 0 Å². The highest BCUT2D eigenvalue weighted by atomic mass is 32.1. The first-order valence-electron chi connectivity index (χ1n) is 6.65. The van der Waals surface area contributed by atoms with Crippen LogP contribution in [-0.4, -0.2) is 19.6 Å². The standard InChI is InChI=1S/C14H17N5S/c1-9(2)11-8-12-13(15-4-6-19(12)18-11)17-10(3)14-16-5-7-20-14/h4-10H,1-3H3,(H,15,17). The average molecular weight is 287 g/mol. The minimum absolute atomic E-state index is 0.131. The van der Waals surface area contributed by atoms with E-state index in [1.807, 2.05) is 22.3 Å². The third-order valence-electron chi connectivity index (χ3n) is 3.18. The van der Waals surface area contributed by atoms with Crippen molar-refractivity contribution in [2.75, 3.05) is 5.32 Å². The van der Waals surface area contributed by atoms with Gasteiger partial charge in [0.25, 0.3) is 0 Å². The molecule has 6 heteroatoms. The zero-order chi connectivity index (χ0) is 14.1. The van der Waals surface area contributed by atoms with Crippen molar-refractivity contribution in [1.29, 1.82) is 0 Å². The summed E-state index contributed by atoms with van der Waals surface area (Å²) in [4.78, 5) is 8.77. The van der Waals surface area contributed by atoms with E-state index in [1.165, 1.54) is 0 Å². The molecule has 0 fully saturated rings. The fourth-order valence-corrected chi connectivity index (χ4v) is 2.70. The van der Waals surface area contributed by atoms with Gasteiger partial charge in [-0.3, -0.25) is 0 Å². The maximum absolute atomic E-state index is 4.57. The SMILES string of the molecule is CC(C)c1cc2c(NC(C)c3nccs3)nccn2n1. The molecule has 0 radical (unpaired) electrons. The molecule has 0 saturated carbocycles. The van der Waals surface area contributed by atoms with E-state index >= 15 is 0 Å². The summed E-state index contributed by atoms with van der Waals surface area (Å²) in [7, 11) is 0. The van der Waals surface area contributed by atoms with Gasteiger partial charge < -0.3 is 5.32 Å². The third kappa shape index (κ3) is 2.38.